The highest BCUT2D eigenvalue weighted by atomic mass is 35.5. The van der Waals surface area contributed by atoms with Crippen molar-refractivity contribution in [2.45, 2.75) is 36.4 Å². The molecule has 0 bridgehead atoms. The predicted molar refractivity (Wildman–Crippen MR) is 73.7 cm³/mol. The van der Waals surface area contributed by atoms with Crippen LogP contribution in [0.1, 0.15) is 26.7 Å². The van der Waals surface area contributed by atoms with Crippen molar-refractivity contribution in [3.63, 3.8) is 0 Å². The molecule has 1 rings (SSSR count). The summed E-state index contributed by atoms with van der Waals surface area (Å²) in [5.74, 6) is 0.248. The minimum Gasteiger partial charge on any atom is -0.206 e. The Balaban J connectivity index is 3.00. The van der Waals surface area contributed by atoms with Crippen molar-refractivity contribution in [3.8, 4) is 0 Å². The van der Waals surface area contributed by atoms with Crippen molar-refractivity contribution in [1.82, 2.24) is 4.72 Å². The molecular weight excluding hydrogens is 301 g/mol. The molecule has 0 aliphatic carbocycles. The van der Waals surface area contributed by atoms with Crippen molar-refractivity contribution >= 4 is 44.6 Å². The maximum absolute atomic E-state index is 12.1. The first-order valence-corrected chi connectivity index (χ1v) is 8.45. The largest absolute Gasteiger partial charge is 0.250 e. The van der Waals surface area contributed by atoms with E-state index in [9.17, 15) is 8.42 Å². The third-order valence-corrected chi connectivity index (χ3v) is 6.59. The summed E-state index contributed by atoms with van der Waals surface area (Å²) in [4.78, 5) is 0. The molecule has 7 heteroatoms. The van der Waals surface area contributed by atoms with Crippen LogP contribution in [0.2, 0.25) is 4.34 Å². The summed E-state index contributed by atoms with van der Waals surface area (Å²) in [6, 6.07) is 3.07. The Morgan fingerprint density at radius 3 is 2.29 bits per heavy atom. The highest BCUT2D eigenvalue weighted by molar-refractivity contribution is 7.91. The summed E-state index contributed by atoms with van der Waals surface area (Å²) >= 11 is 12.7. The first-order valence-electron chi connectivity index (χ1n) is 5.24. The zero-order valence-corrected chi connectivity index (χ0v) is 12.8. The Morgan fingerprint density at radius 1 is 1.35 bits per heavy atom. The highest BCUT2D eigenvalue weighted by Crippen LogP contribution is 2.28. The standard InChI is InChI=1S/C10H15Cl2NO2S2/c1-3-10(4-2,7-11)13-17(14,15)9-6-5-8(12)16-9/h5-6,13H,3-4,7H2,1-2H3. The molecule has 0 amide bonds. The number of alkyl halides is 1. The van der Waals surface area contributed by atoms with Crippen LogP contribution in [-0.4, -0.2) is 19.8 Å². The lowest BCUT2D eigenvalue weighted by Gasteiger charge is -2.29. The van der Waals surface area contributed by atoms with Crippen molar-refractivity contribution < 1.29 is 8.42 Å². The van der Waals surface area contributed by atoms with E-state index in [-0.39, 0.29) is 10.1 Å². The van der Waals surface area contributed by atoms with Crippen molar-refractivity contribution in [2.75, 3.05) is 5.88 Å². The molecule has 0 aliphatic rings. The van der Waals surface area contributed by atoms with E-state index < -0.39 is 15.6 Å². The van der Waals surface area contributed by atoms with E-state index in [1.807, 2.05) is 13.8 Å². The minimum atomic E-state index is -3.53. The molecule has 0 spiro atoms. The molecule has 1 heterocycles. The molecule has 1 N–H and O–H groups in total. The van der Waals surface area contributed by atoms with Crippen LogP contribution in [0, 0.1) is 0 Å². The van der Waals surface area contributed by atoms with Crippen LogP contribution in [0.15, 0.2) is 16.3 Å². The summed E-state index contributed by atoms with van der Waals surface area (Å²) in [5, 5.41) is 0. The third-order valence-electron chi connectivity index (χ3n) is 2.77. The van der Waals surface area contributed by atoms with Crippen LogP contribution in [0.4, 0.5) is 0 Å². The van der Waals surface area contributed by atoms with Gasteiger partial charge in [-0.15, -0.1) is 22.9 Å². The average molecular weight is 316 g/mol. The second-order valence-electron chi connectivity index (χ2n) is 3.79. The zero-order chi connectivity index (χ0) is 13.1. The second-order valence-corrected chi connectivity index (χ2v) is 7.68. The Morgan fingerprint density at radius 2 is 1.94 bits per heavy atom. The molecule has 0 aliphatic heterocycles. The van der Waals surface area contributed by atoms with E-state index in [4.69, 9.17) is 23.2 Å². The highest BCUT2D eigenvalue weighted by Gasteiger charge is 2.31. The summed E-state index contributed by atoms with van der Waals surface area (Å²) in [7, 11) is -3.53. The molecule has 0 unspecified atom stereocenters. The number of nitrogens with one attached hydrogen (secondary N) is 1. The predicted octanol–water partition coefficient (Wildman–Crippen LogP) is 3.48. The normalized spacial score (nSPS) is 12.9. The van der Waals surface area contributed by atoms with Crippen molar-refractivity contribution in [3.05, 3.63) is 16.5 Å². The Hall–Kier alpha value is 0.190. The number of hydrogen-bond acceptors (Lipinski definition) is 3. The van der Waals surface area contributed by atoms with E-state index in [2.05, 4.69) is 4.72 Å². The van der Waals surface area contributed by atoms with Crippen LogP contribution >= 0.6 is 34.5 Å². The molecule has 17 heavy (non-hydrogen) atoms. The van der Waals surface area contributed by atoms with Gasteiger partial charge in [-0.1, -0.05) is 25.4 Å². The molecule has 1 aromatic heterocycles. The van der Waals surface area contributed by atoms with Gasteiger partial charge in [0.05, 0.1) is 4.34 Å². The topological polar surface area (TPSA) is 46.2 Å². The van der Waals surface area contributed by atoms with Crippen LogP contribution < -0.4 is 4.72 Å². The summed E-state index contributed by atoms with van der Waals surface area (Å²) < 4.78 is 27.6. The van der Waals surface area contributed by atoms with Crippen LogP contribution in [0.25, 0.3) is 0 Å². The molecule has 3 nitrogen and oxygen atoms in total. The van der Waals surface area contributed by atoms with Gasteiger partial charge in [0.2, 0.25) is 0 Å². The third kappa shape index (κ3) is 3.58. The summed E-state index contributed by atoms with van der Waals surface area (Å²) in [5.41, 5.74) is -0.586. The number of hydrogen-bond donors (Lipinski definition) is 1. The van der Waals surface area contributed by atoms with Gasteiger partial charge in [0, 0.05) is 11.4 Å². The quantitative estimate of drug-likeness (QED) is 0.817. The van der Waals surface area contributed by atoms with Gasteiger partial charge >= 0.3 is 0 Å². The van der Waals surface area contributed by atoms with Gasteiger partial charge in [-0.2, -0.15) is 0 Å². The van der Waals surface area contributed by atoms with Gasteiger partial charge < -0.3 is 0 Å². The molecule has 98 valence electrons. The van der Waals surface area contributed by atoms with E-state index >= 15 is 0 Å². The first-order chi connectivity index (χ1) is 7.89. The fourth-order valence-electron chi connectivity index (χ4n) is 1.39. The Labute approximate surface area is 116 Å². The van der Waals surface area contributed by atoms with Gasteiger partial charge in [-0.25, -0.2) is 13.1 Å². The lowest BCUT2D eigenvalue weighted by molar-refractivity contribution is 0.394. The summed E-state index contributed by atoms with van der Waals surface area (Å²) in [6.07, 6.45) is 1.29. The minimum absolute atomic E-state index is 0.221. The van der Waals surface area contributed by atoms with Crippen molar-refractivity contribution in [1.29, 1.82) is 0 Å². The first kappa shape index (κ1) is 15.2. The Kier molecular flexibility index (Phi) is 5.28. The lowest BCUT2D eigenvalue weighted by atomic mass is 9.97. The lowest BCUT2D eigenvalue weighted by Crippen LogP contribution is -2.48. The van der Waals surface area contributed by atoms with E-state index in [0.29, 0.717) is 17.2 Å². The Bertz CT molecular complexity index is 458. The second kappa shape index (κ2) is 5.89. The summed E-state index contributed by atoms with van der Waals surface area (Å²) in [6.45, 7) is 3.83. The molecule has 0 aromatic carbocycles. The maximum atomic E-state index is 12.1. The molecular formula is C10H15Cl2NO2S2. The molecule has 1 aromatic rings. The van der Waals surface area contributed by atoms with Crippen molar-refractivity contribution in [2.24, 2.45) is 0 Å². The molecule has 0 fully saturated rings. The fraction of sp³-hybridized carbons (Fsp3) is 0.600. The fourth-order valence-corrected chi connectivity index (χ4v) is 4.94. The van der Waals surface area contributed by atoms with Crippen LogP contribution in [0.3, 0.4) is 0 Å². The van der Waals surface area contributed by atoms with E-state index in [1.54, 1.807) is 6.07 Å². The van der Waals surface area contributed by atoms with Gasteiger partial charge in [-0.05, 0) is 25.0 Å². The number of thiophene rings is 1. The molecule has 0 radical (unpaired) electrons. The zero-order valence-electron chi connectivity index (χ0n) is 9.66. The van der Waals surface area contributed by atoms with Crippen LogP contribution in [0.5, 0.6) is 0 Å². The number of sulfonamides is 1. The SMILES string of the molecule is CCC(CC)(CCl)NS(=O)(=O)c1ccc(Cl)s1. The maximum Gasteiger partial charge on any atom is 0.250 e. The molecule has 0 atom stereocenters. The van der Waals surface area contributed by atoms with Gasteiger partial charge in [-0.3, -0.25) is 0 Å². The van der Waals surface area contributed by atoms with Crippen LogP contribution in [-0.2, 0) is 10.0 Å². The smallest absolute Gasteiger partial charge is 0.206 e. The van der Waals surface area contributed by atoms with E-state index in [1.165, 1.54) is 6.07 Å². The van der Waals surface area contributed by atoms with E-state index in [0.717, 1.165) is 11.3 Å². The average Bonchev–Trinajstić information content (AvgIpc) is 2.74. The van der Waals surface area contributed by atoms with Gasteiger partial charge in [0.1, 0.15) is 4.21 Å². The number of rotatable bonds is 6. The molecule has 0 saturated heterocycles. The monoisotopic (exact) mass is 315 g/mol. The number of halogens is 2. The molecule has 0 saturated carbocycles. The van der Waals surface area contributed by atoms with Gasteiger partial charge in [0.25, 0.3) is 10.0 Å². The van der Waals surface area contributed by atoms with Gasteiger partial charge in [0.15, 0.2) is 0 Å².